The number of hydrogen-bond donors (Lipinski definition) is 1. The first-order valence-corrected chi connectivity index (χ1v) is 11.4. The molecule has 176 valence electrons. The number of halogens is 1. The first-order valence-electron chi connectivity index (χ1n) is 10.6. The number of imide groups is 2. The number of rotatable bonds is 5. The highest BCUT2D eigenvalue weighted by atomic mass is 79.9. The van der Waals surface area contributed by atoms with Crippen molar-refractivity contribution in [3.05, 3.63) is 63.6 Å². The molecule has 0 atom stereocenters. The molecule has 2 aromatic carbocycles. The fraction of sp³-hybridized carbons (Fsp3) is 0.250. The van der Waals surface area contributed by atoms with Crippen LogP contribution in [0.5, 0.6) is 5.75 Å². The Balaban J connectivity index is 1.51. The summed E-state index contributed by atoms with van der Waals surface area (Å²) in [6.45, 7) is 3.75. The van der Waals surface area contributed by atoms with Gasteiger partial charge in [0.2, 0.25) is 0 Å². The van der Waals surface area contributed by atoms with Gasteiger partial charge in [0.1, 0.15) is 11.3 Å². The van der Waals surface area contributed by atoms with E-state index in [1.54, 1.807) is 54.3 Å². The highest BCUT2D eigenvalue weighted by molar-refractivity contribution is 9.10. The van der Waals surface area contributed by atoms with Crippen molar-refractivity contribution in [1.29, 1.82) is 0 Å². The molecule has 2 heterocycles. The van der Waals surface area contributed by atoms with Gasteiger partial charge in [-0.05, 0) is 58.3 Å². The first-order chi connectivity index (χ1) is 16.3. The zero-order valence-corrected chi connectivity index (χ0v) is 20.0. The monoisotopic (exact) mass is 527 g/mol. The van der Waals surface area contributed by atoms with E-state index in [9.17, 15) is 19.2 Å². The molecular weight excluding hydrogens is 506 g/mol. The normalized spacial score (nSPS) is 17.7. The Hall–Kier alpha value is -3.50. The van der Waals surface area contributed by atoms with Gasteiger partial charge >= 0.3 is 6.03 Å². The predicted octanol–water partition coefficient (Wildman–Crippen LogP) is 2.66. The van der Waals surface area contributed by atoms with Crippen LogP contribution in [0.2, 0.25) is 0 Å². The van der Waals surface area contributed by atoms with E-state index in [0.29, 0.717) is 47.8 Å². The van der Waals surface area contributed by atoms with Crippen molar-refractivity contribution in [2.45, 2.75) is 6.92 Å². The first kappa shape index (κ1) is 23.7. The van der Waals surface area contributed by atoms with E-state index in [0.717, 1.165) is 10.5 Å². The molecule has 2 aliphatic rings. The molecule has 0 aliphatic carbocycles. The van der Waals surface area contributed by atoms with Gasteiger partial charge in [0.05, 0.1) is 23.4 Å². The summed E-state index contributed by atoms with van der Waals surface area (Å²) in [5.41, 5.74) is 1.48. The molecule has 4 rings (SSSR count). The van der Waals surface area contributed by atoms with E-state index in [-0.39, 0.29) is 18.1 Å². The van der Waals surface area contributed by atoms with Crippen LogP contribution in [-0.2, 0) is 19.1 Å². The van der Waals surface area contributed by atoms with Crippen LogP contribution in [0.3, 0.4) is 0 Å². The number of amides is 5. The molecule has 0 spiro atoms. The molecule has 2 aromatic rings. The van der Waals surface area contributed by atoms with E-state index in [1.165, 1.54) is 6.08 Å². The van der Waals surface area contributed by atoms with Gasteiger partial charge in [0, 0.05) is 13.1 Å². The lowest BCUT2D eigenvalue weighted by atomic mass is 10.1. The molecule has 2 fully saturated rings. The lowest BCUT2D eigenvalue weighted by Crippen LogP contribution is -2.54. The van der Waals surface area contributed by atoms with E-state index in [4.69, 9.17) is 9.47 Å². The minimum Gasteiger partial charge on any atom is -0.483 e. The average Bonchev–Trinajstić information content (AvgIpc) is 2.82. The number of para-hydroxylation sites is 1. The molecule has 0 saturated carbocycles. The van der Waals surface area contributed by atoms with E-state index in [1.807, 2.05) is 0 Å². The van der Waals surface area contributed by atoms with Gasteiger partial charge in [-0.15, -0.1) is 0 Å². The van der Waals surface area contributed by atoms with Gasteiger partial charge in [-0.1, -0.05) is 24.3 Å². The topological polar surface area (TPSA) is 105 Å². The summed E-state index contributed by atoms with van der Waals surface area (Å²) in [5.74, 6) is -1.17. The Morgan fingerprint density at radius 2 is 1.88 bits per heavy atom. The molecule has 0 bridgehead atoms. The summed E-state index contributed by atoms with van der Waals surface area (Å²) in [4.78, 5) is 52.8. The standard InChI is InChI=1S/C24H22BrN3O6/c1-15-4-2-3-5-19(15)28-23(31)17(22(30)26-24(28)32)12-16-6-7-20(18(25)13-16)34-14-21(29)27-8-10-33-11-9-27/h2-7,12-13H,8-11,14H2,1H3,(H,26,30,32)/b17-12+. The number of urea groups is 1. The summed E-state index contributed by atoms with van der Waals surface area (Å²) >= 11 is 3.41. The molecule has 0 aromatic heterocycles. The van der Waals surface area contributed by atoms with Crippen molar-refractivity contribution < 1.29 is 28.7 Å². The van der Waals surface area contributed by atoms with Crippen molar-refractivity contribution in [3.63, 3.8) is 0 Å². The lowest BCUT2D eigenvalue weighted by Gasteiger charge is -2.27. The van der Waals surface area contributed by atoms with Gasteiger partial charge in [-0.2, -0.15) is 0 Å². The third-order valence-electron chi connectivity index (χ3n) is 5.44. The Morgan fingerprint density at radius 1 is 1.15 bits per heavy atom. The molecule has 1 N–H and O–H groups in total. The van der Waals surface area contributed by atoms with Crippen LogP contribution in [0.15, 0.2) is 52.5 Å². The van der Waals surface area contributed by atoms with Crippen LogP contribution < -0.4 is 15.0 Å². The SMILES string of the molecule is Cc1ccccc1N1C(=O)NC(=O)/C(=C\c2ccc(OCC(=O)N3CCOCC3)c(Br)c2)C1=O. The summed E-state index contributed by atoms with van der Waals surface area (Å²) < 4.78 is 11.4. The maximum absolute atomic E-state index is 13.1. The molecule has 5 amide bonds. The second-order valence-electron chi connectivity index (χ2n) is 7.72. The van der Waals surface area contributed by atoms with Gasteiger partial charge in [0.15, 0.2) is 6.61 Å². The zero-order chi connectivity index (χ0) is 24.2. The lowest BCUT2D eigenvalue weighted by molar-refractivity contribution is -0.137. The van der Waals surface area contributed by atoms with Crippen molar-refractivity contribution in [2.75, 3.05) is 37.8 Å². The van der Waals surface area contributed by atoms with E-state index >= 15 is 0 Å². The smallest absolute Gasteiger partial charge is 0.335 e. The number of benzene rings is 2. The Morgan fingerprint density at radius 3 is 2.59 bits per heavy atom. The second kappa shape index (κ2) is 10.2. The molecule has 0 radical (unpaired) electrons. The van der Waals surface area contributed by atoms with Gasteiger partial charge in [0.25, 0.3) is 17.7 Å². The van der Waals surface area contributed by atoms with Crippen molar-refractivity contribution in [2.24, 2.45) is 0 Å². The van der Waals surface area contributed by atoms with Crippen LogP contribution in [0, 0.1) is 6.92 Å². The van der Waals surface area contributed by atoms with E-state index < -0.39 is 17.8 Å². The maximum atomic E-state index is 13.1. The molecule has 2 aliphatic heterocycles. The highest BCUT2D eigenvalue weighted by Crippen LogP contribution is 2.29. The number of nitrogens with zero attached hydrogens (tertiary/aromatic N) is 2. The number of aryl methyl sites for hydroxylation is 1. The molecule has 0 unspecified atom stereocenters. The van der Waals surface area contributed by atoms with Gasteiger partial charge in [-0.3, -0.25) is 19.7 Å². The van der Waals surface area contributed by atoms with Crippen LogP contribution in [-0.4, -0.2) is 61.6 Å². The van der Waals surface area contributed by atoms with Crippen LogP contribution in [0.1, 0.15) is 11.1 Å². The zero-order valence-electron chi connectivity index (χ0n) is 18.4. The van der Waals surface area contributed by atoms with Gasteiger partial charge < -0.3 is 14.4 Å². The third kappa shape index (κ3) is 5.02. The Labute approximate surface area is 204 Å². The molecule has 9 nitrogen and oxygen atoms in total. The quantitative estimate of drug-likeness (QED) is 0.473. The minimum absolute atomic E-state index is 0.118. The van der Waals surface area contributed by atoms with E-state index in [2.05, 4.69) is 21.2 Å². The van der Waals surface area contributed by atoms with Crippen LogP contribution >= 0.6 is 15.9 Å². The van der Waals surface area contributed by atoms with Crippen LogP contribution in [0.4, 0.5) is 10.5 Å². The van der Waals surface area contributed by atoms with Crippen molar-refractivity contribution in [3.8, 4) is 5.75 Å². The Kier molecular flexibility index (Phi) is 7.09. The van der Waals surface area contributed by atoms with Crippen molar-refractivity contribution in [1.82, 2.24) is 10.2 Å². The molecular formula is C24H22BrN3O6. The maximum Gasteiger partial charge on any atom is 0.335 e. The predicted molar refractivity (Wildman–Crippen MR) is 127 cm³/mol. The number of carbonyl (C=O) groups excluding carboxylic acids is 4. The average molecular weight is 528 g/mol. The van der Waals surface area contributed by atoms with Crippen LogP contribution in [0.25, 0.3) is 6.08 Å². The molecule has 34 heavy (non-hydrogen) atoms. The number of barbiturate groups is 1. The number of nitrogens with one attached hydrogen (secondary N) is 1. The summed E-state index contributed by atoms with van der Waals surface area (Å²) in [6.07, 6.45) is 1.41. The largest absolute Gasteiger partial charge is 0.483 e. The third-order valence-corrected chi connectivity index (χ3v) is 6.06. The second-order valence-corrected chi connectivity index (χ2v) is 8.57. The number of carbonyl (C=O) groups is 4. The Bertz CT molecular complexity index is 1190. The number of morpholine rings is 1. The summed E-state index contributed by atoms with van der Waals surface area (Å²) in [7, 11) is 0. The molecule has 10 heteroatoms. The molecule has 2 saturated heterocycles. The minimum atomic E-state index is -0.795. The number of hydrogen-bond acceptors (Lipinski definition) is 6. The highest BCUT2D eigenvalue weighted by Gasteiger charge is 2.37. The fourth-order valence-electron chi connectivity index (χ4n) is 3.62. The summed E-state index contributed by atoms with van der Waals surface area (Å²) in [5, 5.41) is 2.22. The van der Waals surface area contributed by atoms with Crippen molar-refractivity contribution >= 4 is 51.4 Å². The fourth-order valence-corrected chi connectivity index (χ4v) is 4.14. The summed E-state index contributed by atoms with van der Waals surface area (Å²) in [6, 6.07) is 11.1. The van der Waals surface area contributed by atoms with Gasteiger partial charge in [-0.25, -0.2) is 9.69 Å². The number of ether oxygens (including phenoxy) is 2. The number of anilines is 1.